The van der Waals surface area contributed by atoms with E-state index < -0.39 is 11.1 Å². The van der Waals surface area contributed by atoms with Crippen LogP contribution in [0.5, 0.6) is 0 Å². The highest BCUT2D eigenvalue weighted by Crippen LogP contribution is 2.15. The van der Waals surface area contributed by atoms with Gasteiger partial charge in [0.2, 0.25) is 5.91 Å². The molecule has 0 aromatic carbocycles. The molecule has 1 amide bonds. The van der Waals surface area contributed by atoms with Crippen LogP contribution in [0.25, 0.3) is 0 Å². The average Bonchev–Trinajstić information content (AvgIpc) is 2.89. The first-order chi connectivity index (χ1) is 19.5. The molecule has 0 saturated heterocycles. The highest BCUT2D eigenvalue weighted by molar-refractivity contribution is 5.81. The van der Waals surface area contributed by atoms with E-state index in [1.165, 1.54) is 0 Å². The average molecular weight is 602 g/mol. The normalized spacial score (nSPS) is 13.2. The largest absolute Gasteiger partial charge is 0.378 e. The molecule has 0 spiro atoms. The monoisotopic (exact) mass is 601 g/mol. The Kier molecular flexibility index (Phi) is 20.2. The Morgan fingerprint density at radius 2 is 1.02 bits per heavy atom. The Morgan fingerprint density at radius 3 is 1.36 bits per heavy atom. The van der Waals surface area contributed by atoms with Gasteiger partial charge in [-0.05, 0) is 27.7 Å². The summed E-state index contributed by atoms with van der Waals surface area (Å²) in [5, 5.41) is 3.04. The molecule has 0 fully saturated rings. The molecule has 1 unspecified atom stereocenters. The first kappa shape index (κ1) is 40.3. The SMILES string of the molecule is CCOC(C)(C)COC(C)CC(=O)NC(COCCC(=O)C(C)C)(COCCC(=O)C(C)C)COCCC(=O)C(C)C. The Bertz CT molecular complexity index is 738. The van der Waals surface area contributed by atoms with E-state index in [0.717, 1.165) is 0 Å². The van der Waals surface area contributed by atoms with Crippen molar-refractivity contribution < 1.29 is 42.9 Å². The second kappa shape index (κ2) is 21.1. The summed E-state index contributed by atoms with van der Waals surface area (Å²) >= 11 is 0. The number of carbonyl (C=O) groups is 4. The topological polar surface area (TPSA) is 126 Å². The van der Waals surface area contributed by atoms with Crippen molar-refractivity contribution in [1.29, 1.82) is 0 Å². The molecule has 0 aromatic rings. The minimum Gasteiger partial charge on any atom is -0.378 e. The van der Waals surface area contributed by atoms with Gasteiger partial charge >= 0.3 is 0 Å². The number of carbonyl (C=O) groups excluding carboxylic acids is 4. The number of Topliss-reactive ketones (excluding diaryl/α,β-unsaturated/α-hetero) is 3. The standard InChI is InChI=1S/C32H59NO9/c1-11-42-31(9,10)19-41-26(8)18-30(37)33-32(20-38-15-12-27(34)23(2)3,21-39-16-13-28(35)24(4)5)22-40-17-14-29(36)25(6)7/h23-26H,11-22H2,1-10H3,(H,33,37). The number of amides is 1. The van der Waals surface area contributed by atoms with Gasteiger partial charge in [-0.15, -0.1) is 0 Å². The maximum atomic E-state index is 13.3. The lowest BCUT2D eigenvalue weighted by atomic mass is 10.0. The van der Waals surface area contributed by atoms with Crippen molar-refractivity contribution in [2.45, 2.75) is 112 Å². The molecule has 0 saturated carbocycles. The Morgan fingerprint density at radius 1 is 0.643 bits per heavy atom. The summed E-state index contributed by atoms with van der Waals surface area (Å²) in [4.78, 5) is 49.6. The minimum absolute atomic E-state index is 0.0208. The minimum atomic E-state index is -1.11. The third kappa shape index (κ3) is 18.7. The first-order valence-electron chi connectivity index (χ1n) is 15.4. The van der Waals surface area contributed by atoms with Crippen molar-refractivity contribution in [2.24, 2.45) is 17.8 Å². The van der Waals surface area contributed by atoms with E-state index in [1.54, 1.807) is 0 Å². The lowest BCUT2D eigenvalue weighted by Crippen LogP contribution is -2.59. The molecule has 0 heterocycles. The molecule has 0 bridgehead atoms. The smallest absolute Gasteiger partial charge is 0.223 e. The molecule has 0 aromatic heterocycles. The van der Waals surface area contributed by atoms with Gasteiger partial charge in [0.1, 0.15) is 22.9 Å². The summed E-state index contributed by atoms with van der Waals surface area (Å²) in [5.74, 6) is -0.350. The molecular formula is C32H59NO9. The van der Waals surface area contributed by atoms with Gasteiger partial charge in [0.15, 0.2) is 0 Å². The van der Waals surface area contributed by atoms with Gasteiger partial charge in [0.05, 0.1) is 64.4 Å². The molecule has 42 heavy (non-hydrogen) atoms. The lowest BCUT2D eigenvalue weighted by molar-refractivity contribution is -0.134. The molecule has 0 aliphatic rings. The van der Waals surface area contributed by atoms with Crippen LogP contribution in [-0.4, -0.2) is 93.4 Å². The summed E-state index contributed by atoms with van der Waals surface area (Å²) in [5.41, 5.74) is -1.59. The van der Waals surface area contributed by atoms with Crippen LogP contribution < -0.4 is 5.32 Å². The highest BCUT2D eigenvalue weighted by Gasteiger charge is 2.34. The summed E-state index contributed by atoms with van der Waals surface area (Å²) in [6.45, 7) is 20.1. The summed E-state index contributed by atoms with van der Waals surface area (Å²) < 4.78 is 29.3. The molecule has 0 aliphatic heterocycles. The molecule has 0 radical (unpaired) electrons. The Labute approximate surface area is 254 Å². The molecule has 0 rings (SSSR count). The zero-order valence-electron chi connectivity index (χ0n) is 28.0. The third-order valence-electron chi connectivity index (χ3n) is 6.67. The molecular weight excluding hydrogens is 542 g/mol. The quantitative estimate of drug-likeness (QED) is 0.144. The summed E-state index contributed by atoms with van der Waals surface area (Å²) in [6.07, 6.45) is 0.426. The zero-order valence-corrected chi connectivity index (χ0v) is 28.0. The highest BCUT2D eigenvalue weighted by atomic mass is 16.5. The van der Waals surface area contributed by atoms with Gasteiger partial charge in [0, 0.05) is 43.6 Å². The van der Waals surface area contributed by atoms with Crippen LogP contribution in [0.4, 0.5) is 0 Å². The van der Waals surface area contributed by atoms with Crippen LogP contribution in [0, 0.1) is 17.8 Å². The zero-order chi connectivity index (χ0) is 32.3. The van der Waals surface area contributed by atoms with Crippen molar-refractivity contribution in [2.75, 3.05) is 52.9 Å². The molecule has 10 heteroatoms. The predicted octanol–water partition coefficient (Wildman–Crippen LogP) is 4.35. The molecule has 10 nitrogen and oxygen atoms in total. The van der Waals surface area contributed by atoms with Gasteiger partial charge in [-0.3, -0.25) is 19.2 Å². The number of ether oxygens (including phenoxy) is 5. The van der Waals surface area contributed by atoms with Gasteiger partial charge in [-0.1, -0.05) is 41.5 Å². The maximum Gasteiger partial charge on any atom is 0.223 e. The van der Waals surface area contributed by atoms with E-state index >= 15 is 0 Å². The van der Waals surface area contributed by atoms with Crippen LogP contribution in [0.3, 0.4) is 0 Å². The summed E-state index contributed by atoms with van der Waals surface area (Å²) in [6, 6.07) is 0. The number of hydrogen-bond donors (Lipinski definition) is 1. The van der Waals surface area contributed by atoms with Crippen molar-refractivity contribution in [3.05, 3.63) is 0 Å². The van der Waals surface area contributed by atoms with Crippen molar-refractivity contribution in [3.63, 3.8) is 0 Å². The second-order valence-corrected chi connectivity index (χ2v) is 12.6. The van der Waals surface area contributed by atoms with E-state index in [1.807, 2.05) is 69.2 Å². The first-order valence-corrected chi connectivity index (χ1v) is 15.4. The van der Waals surface area contributed by atoms with Crippen molar-refractivity contribution in [3.8, 4) is 0 Å². The number of ketones is 3. The van der Waals surface area contributed by atoms with Gasteiger partial charge in [-0.25, -0.2) is 0 Å². The Hall–Kier alpha value is -1.72. The van der Waals surface area contributed by atoms with Crippen LogP contribution in [0.15, 0.2) is 0 Å². The maximum absolute atomic E-state index is 13.3. The summed E-state index contributed by atoms with van der Waals surface area (Å²) in [7, 11) is 0. The number of rotatable bonds is 26. The van der Waals surface area contributed by atoms with Crippen LogP contribution in [0.2, 0.25) is 0 Å². The second-order valence-electron chi connectivity index (χ2n) is 12.6. The fourth-order valence-electron chi connectivity index (χ4n) is 3.86. The van der Waals surface area contributed by atoms with Crippen LogP contribution in [0.1, 0.15) is 94.9 Å². The third-order valence-corrected chi connectivity index (χ3v) is 6.67. The molecule has 1 atom stereocenters. The van der Waals surface area contributed by atoms with E-state index in [4.69, 9.17) is 23.7 Å². The van der Waals surface area contributed by atoms with E-state index in [9.17, 15) is 19.2 Å². The number of hydrogen-bond acceptors (Lipinski definition) is 9. The van der Waals surface area contributed by atoms with Gasteiger partial charge in [0.25, 0.3) is 0 Å². The van der Waals surface area contributed by atoms with Crippen molar-refractivity contribution in [1.82, 2.24) is 5.32 Å². The van der Waals surface area contributed by atoms with E-state index in [2.05, 4.69) is 5.32 Å². The lowest BCUT2D eigenvalue weighted by Gasteiger charge is -2.35. The van der Waals surface area contributed by atoms with Gasteiger partial charge < -0.3 is 29.0 Å². The van der Waals surface area contributed by atoms with Crippen LogP contribution in [-0.2, 0) is 42.9 Å². The fraction of sp³-hybridized carbons (Fsp3) is 0.875. The molecule has 0 aliphatic carbocycles. The predicted molar refractivity (Wildman–Crippen MR) is 162 cm³/mol. The van der Waals surface area contributed by atoms with E-state index in [-0.39, 0.29) is 112 Å². The van der Waals surface area contributed by atoms with Gasteiger partial charge in [-0.2, -0.15) is 0 Å². The molecule has 1 N–H and O–H groups in total. The molecule has 246 valence electrons. The fourth-order valence-corrected chi connectivity index (χ4v) is 3.86. The van der Waals surface area contributed by atoms with Crippen LogP contribution >= 0.6 is 0 Å². The Balaban J connectivity index is 5.62. The van der Waals surface area contributed by atoms with Crippen molar-refractivity contribution >= 4 is 23.3 Å². The number of nitrogens with one attached hydrogen (secondary N) is 1. The van der Waals surface area contributed by atoms with E-state index in [0.29, 0.717) is 13.2 Å².